The van der Waals surface area contributed by atoms with Crippen LogP contribution in [0.25, 0.3) is 0 Å². The van der Waals surface area contributed by atoms with E-state index in [2.05, 4.69) is 27.5 Å². The van der Waals surface area contributed by atoms with Crippen molar-refractivity contribution in [2.75, 3.05) is 26.2 Å². The van der Waals surface area contributed by atoms with Gasteiger partial charge in [-0.25, -0.2) is 14.5 Å². The Balaban J connectivity index is 1.50. The molecule has 8 heteroatoms. The molecule has 3 rings (SSSR count). The zero-order chi connectivity index (χ0) is 19.2. The Kier molecular flexibility index (Phi) is 6.05. The Hall–Kier alpha value is -2.90. The number of piperazine rings is 1. The first-order valence-electron chi connectivity index (χ1n) is 9.33. The number of nitrogens with one attached hydrogen (secondary N) is 1. The highest BCUT2D eigenvalue weighted by Gasteiger charge is 2.28. The summed E-state index contributed by atoms with van der Waals surface area (Å²) in [5, 5.41) is 7.04. The van der Waals surface area contributed by atoms with Crippen LogP contribution < -0.4 is 5.32 Å². The highest BCUT2D eigenvalue weighted by atomic mass is 16.2. The van der Waals surface area contributed by atoms with Crippen molar-refractivity contribution in [3.63, 3.8) is 0 Å². The third-order valence-corrected chi connectivity index (χ3v) is 4.79. The normalized spacial score (nSPS) is 15.7. The maximum atomic E-state index is 12.5. The summed E-state index contributed by atoms with van der Waals surface area (Å²) in [5.41, 5.74) is 1.21. The SMILES string of the molecule is CCn1ncnc1[C@@H](C)NC(=O)N1CCN(CCc2ccccc2)C(=O)C1. The van der Waals surface area contributed by atoms with Crippen LogP contribution in [0.2, 0.25) is 0 Å². The smallest absolute Gasteiger partial charge is 0.318 e. The Morgan fingerprint density at radius 3 is 2.74 bits per heavy atom. The van der Waals surface area contributed by atoms with Crippen LogP contribution >= 0.6 is 0 Å². The summed E-state index contributed by atoms with van der Waals surface area (Å²) in [6.45, 7) is 6.39. The van der Waals surface area contributed by atoms with Crippen molar-refractivity contribution in [1.29, 1.82) is 0 Å². The number of rotatable bonds is 6. The number of nitrogens with zero attached hydrogens (tertiary/aromatic N) is 5. The van der Waals surface area contributed by atoms with Crippen molar-refractivity contribution in [2.24, 2.45) is 0 Å². The molecule has 0 aliphatic carbocycles. The molecule has 0 spiro atoms. The first-order valence-corrected chi connectivity index (χ1v) is 9.33. The van der Waals surface area contributed by atoms with Gasteiger partial charge < -0.3 is 15.1 Å². The van der Waals surface area contributed by atoms with Gasteiger partial charge in [0.05, 0.1) is 6.04 Å². The Morgan fingerprint density at radius 1 is 1.26 bits per heavy atom. The van der Waals surface area contributed by atoms with Gasteiger partial charge in [-0.3, -0.25) is 4.79 Å². The zero-order valence-electron chi connectivity index (χ0n) is 15.8. The van der Waals surface area contributed by atoms with Gasteiger partial charge in [-0.15, -0.1) is 0 Å². The van der Waals surface area contributed by atoms with Gasteiger partial charge in [0, 0.05) is 26.2 Å². The summed E-state index contributed by atoms with van der Waals surface area (Å²) < 4.78 is 1.75. The fraction of sp³-hybridized carbons (Fsp3) is 0.474. The molecule has 1 saturated heterocycles. The van der Waals surface area contributed by atoms with Crippen molar-refractivity contribution in [3.8, 4) is 0 Å². The monoisotopic (exact) mass is 370 g/mol. The average molecular weight is 370 g/mol. The summed E-state index contributed by atoms with van der Waals surface area (Å²) in [4.78, 5) is 32.5. The number of urea groups is 1. The fourth-order valence-electron chi connectivity index (χ4n) is 3.22. The lowest BCUT2D eigenvalue weighted by atomic mass is 10.1. The van der Waals surface area contributed by atoms with Crippen LogP contribution in [0, 0.1) is 0 Å². The van der Waals surface area contributed by atoms with Crippen molar-refractivity contribution in [3.05, 3.63) is 48.0 Å². The predicted molar refractivity (Wildman–Crippen MR) is 101 cm³/mol. The first kappa shape index (κ1) is 18.9. The summed E-state index contributed by atoms with van der Waals surface area (Å²) in [7, 11) is 0. The van der Waals surface area contributed by atoms with E-state index in [0.29, 0.717) is 32.0 Å². The van der Waals surface area contributed by atoms with Gasteiger partial charge in [0.1, 0.15) is 18.7 Å². The maximum Gasteiger partial charge on any atom is 0.318 e. The van der Waals surface area contributed by atoms with Gasteiger partial charge >= 0.3 is 6.03 Å². The minimum absolute atomic E-state index is 0.0169. The molecule has 0 radical (unpaired) electrons. The molecule has 0 saturated carbocycles. The Labute approximate surface area is 159 Å². The molecule has 27 heavy (non-hydrogen) atoms. The molecule has 1 atom stereocenters. The van der Waals surface area contributed by atoms with Crippen LogP contribution in [0.15, 0.2) is 36.7 Å². The molecule has 1 N–H and O–H groups in total. The second-order valence-electron chi connectivity index (χ2n) is 6.64. The molecule has 2 heterocycles. The Bertz CT molecular complexity index is 776. The molecule has 8 nitrogen and oxygen atoms in total. The van der Waals surface area contributed by atoms with E-state index in [9.17, 15) is 9.59 Å². The number of hydrogen-bond acceptors (Lipinski definition) is 4. The van der Waals surface area contributed by atoms with Crippen molar-refractivity contribution in [1.82, 2.24) is 29.9 Å². The number of carbonyl (C=O) groups excluding carboxylic acids is 2. The molecule has 2 aromatic rings. The highest BCUT2D eigenvalue weighted by Crippen LogP contribution is 2.11. The lowest BCUT2D eigenvalue weighted by molar-refractivity contribution is -0.134. The number of carbonyl (C=O) groups is 2. The van der Waals surface area contributed by atoms with Crippen LogP contribution in [0.3, 0.4) is 0 Å². The van der Waals surface area contributed by atoms with Crippen LogP contribution in [0.4, 0.5) is 4.79 Å². The molecular formula is C19H26N6O2. The van der Waals surface area contributed by atoms with Crippen molar-refractivity contribution >= 4 is 11.9 Å². The number of aromatic nitrogens is 3. The van der Waals surface area contributed by atoms with Gasteiger partial charge in [0.15, 0.2) is 0 Å². The van der Waals surface area contributed by atoms with Gasteiger partial charge in [0.2, 0.25) is 5.91 Å². The van der Waals surface area contributed by atoms with E-state index in [1.165, 1.54) is 11.9 Å². The number of aryl methyl sites for hydroxylation is 1. The lowest BCUT2D eigenvalue weighted by Gasteiger charge is -2.34. The standard InChI is InChI=1S/C19H26N6O2/c1-3-25-18(20-14-21-25)15(2)22-19(27)24-12-11-23(17(26)13-24)10-9-16-7-5-4-6-8-16/h4-8,14-15H,3,9-13H2,1-2H3,(H,22,27)/t15-/m1/s1. The van der Waals surface area contributed by atoms with E-state index < -0.39 is 0 Å². The second kappa shape index (κ2) is 8.66. The van der Waals surface area contributed by atoms with Gasteiger partial charge in [0.25, 0.3) is 0 Å². The summed E-state index contributed by atoms with van der Waals surface area (Å²) in [5.74, 6) is 0.690. The largest absolute Gasteiger partial charge is 0.339 e. The first-order chi connectivity index (χ1) is 13.1. The van der Waals surface area contributed by atoms with Crippen LogP contribution in [-0.2, 0) is 17.8 Å². The molecule has 0 unspecified atom stereocenters. The molecule has 144 valence electrons. The minimum Gasteiger partial charge on any atom is -0.339 e. The summed E-state index contributed by atoms with van der Waals surface area (Å²) >= 11 is 0. The highest BCUT2D eigenvalue weighted by molar-refractivity contribution is 5.85. The van der Waals surface area contributed by atoms with Gasteiger partial charge in [-0.2, -0.15) is 5.10 Å². The maximum absolute atomic E-state index is 12.5. The molecular weight excluding hydrogens is 344 g/mol. The second-order valence-corrected chi connectivity index (χ2v) is 6.64. The van der Waals surface area contributed by atoms with Crippen LogP contribution in [0.5, 0.6) is 0 Å². The number of amides is 3. The molecule has 1 aliphatic rings. The fourth-order valence-corrected chi connectivity index (χ4v) is 3.22. The van der Waals surface area contributed by atoms with E-state index in [4.69, 9.17) is 0 Å². The summed E-state index contributed by atoms with van der Waals surface area (Å²) in [6, 6.07) is 9.58. The molecule has 0 bridgehead atoms. The van der Waals surface area contributed by atoms with Gasteiger partial charge in [-0.1, -0.05) is 30.3 Å². The minimum atomic E-state index is -0.272. The van der Waals surface area contributed by atoms with E-state index in [0.717, 1.165) is 6.42 Å². The predicted octanol–water partition coefficient (Wildman–Crippen LogP) is 1.46. The lowest BCUT2D eigenvalue weighted by Crippen LogP contribution is -2.55. The number of hydrogen-bond donors (Lipinski definition) is 1. The van der Waals surface area contributed by atoms with Crippen LogP contribution in [0.1, 0.15) is 31.3 Å². The van der Waals surface area contributed by atoms with Crippen molar-refractivity contribution < 1.29 is 9.59 Å². The average Bonchev–Trinajstić information content (AvgIpc) is 3.16. The third-order valence-electron chi connectivity index (χ3n) is 4.79. The van der Waals surface area contributed by atoms with Crippen LogP contribution in [-0.4, -0.2) is 62.7 Å². The zero-order valence-corrected chi connectivity index (χ0v) is 15.8. The van der Waals surface area contributed by atoms with E-state index in [1.807, 2.05) is 36.9 Å². The van der Waals surface area contributed by atoms with Crippen molar-refractivity contribution in [2.45, 2.75) is 32.9 Å². The van der Waals surface area contributed by atoms with E-state index in [-0.39, 0.29) is 24.5 Å². The van der Waals surface area contributed by atoms with E-state index in [1.54, 1.807) is 9.58 Å². The molecule has 3 amide bonds. The Morgan fingerprint density at radius 2 is 2.04 bits per heavy atom. The molecule has 1 fully saturated rings. The summed E-state index contributed by atoms with van der Waals surface area (Å²) in [6.07, 6.45) is 2.30. The number of benzene rings is 1. The molecule has 1 aliphatic heterocycles. The third kappa shape index (κ3) is 4.64. The van der Waals surface area contributed by atoms with E-state index >= 15 is 0 Å². The molecule has 1 aromatic heterocycles. The molecule has 1 aromatic carbocycles. The quantitative estimate of drug-likeness (QED) is 0.834. The topological polar surface area (TPSA) is 83.4 Å². The van der Waals surface area contributed by atoms with Gasteiger partial charge in [-0.05, 0) is 25.8 Å².